The molecule has 0 spiro atoms. The van der Waals surface area contributed by atoms with Crippen LogP contribution in [0.2, 0.25) is 0 Å². The number of rotatable bonds is 5. The number of carboxylic acids is 1. The molecule has 4 rings (SSSR count). The van der Waals surface area contributed by atoms with Gasteiger partial charge in [-0.3, -0.25) is 9.59 Å². The summed E-state index contributed by atoms with van der Waals surface area (Å²) in [6.45, 7) is -0.101. The fourth-order valence-electron chi connectivity index (χ4n) is 3.14. The van der Waals surface area contributed by atoms with Crippen LogP contribution >= 0.6 is 0 Å². The van der Waals surface area contributed by atoms with E-state index in [0.29, 0.717) is 28.3 Å². The van der Waals surface area contributed by atoms with Crippen LogP contribution in [0.1, 0.15) is 5.56 Å². The fourth-order valence-corrected chi connectivity index (χ4v) is 3.14. The molecular weight excluding hydrogens is 374 g/mol. The van der Waals surface area contributed by atoms with E-state index in [1.165, 1.54) is 6.08 Å². The van der Waals surface area contributed by atoms with E-state index >= 15 is 0 Å². The van der Waals surface area contributed by atoms with Crippen LogP contribution in [-0.4, -0.2) is 28.3 Å². The smallest absolute Gasteiger partial charge is 0.323 e. The van der Waals surface area contributed by atoms with E-state index in [1.807, 2.05) is 18.2 Å². The van der Waals surface area contributed by atoms with Crippen LogP contribution in [0.25, 0.3) is 17.0 Å². The van der Waals surface area contributed by atoms with Crippen molar-refractivity contribution in [2.75, 3.05) is 12.1 Å². The molecule has 1 amide bonds. The maximum absolute atomic E-state index is 12.6. The second-order valence-electron chi connectivity index (χ2n) is 6.32. The number of aromatic nitrogens is 1. The molecule has 0 saturated carbocycles. The summed E-state index contributed by atoms with van der Waals surface area (Å²) in [5.74, 6) is -0.462. The van der Waals surface area contributed by atoms with E-state index in [1.54, 1.807) is 41.1 Å². The Morgan fingerprint density at radius 1 is 1.21 bits per heavy atom. The second kappa shape index (κ2) is 7.40. The summed E-state index contributed by atoms with van der Waals surface area (Å²) in [5.41, 5.74) is 1.64. The van der Waals surface area contributed by atoms with Gasteiger partial charge in [-0.25, -0.2) is 0 Å². The van der Waals surface area contributed by atoms with Crippen LogP contribution in [0, 0.1) is 11.3 Å². The Bertz CT molecular complexity index is 1200. The number of hydrogen-bond donors (Lipinski definition) is 2. The topological polar surface area (TPSA) is 114 Å². The van der Waals surface area contributed by atoms with Crippen molar-refractivity contribution in [2.24, 2.45) is 0 Å². The molecule has 2 heterocycles. The molecule has 0 bridgehead atoms. The number of amides is 1. The van der Waals surface area contributed by atoms with Gasteiger partial charge in [-0.15, -0.1) is 0 Å². The Kier molecular flexibility index (Phi) is 4.63. The molecule has 8 nitrogen and oxygen atoms in total. The van der Waals surface area contributed by atoms with E-state index < -0.39 is 11.9 Å². The van der Waals surface area contributed by atoms with Crippen LogP contribution < -0.4 is 14.8 Å². The normalized spacial score (nSPS) is 12.6. The number of benzene rings is 2. The molecule has 29 heavy (non-hydrogen) atoms. The van der Waals surface area contributed by atoms with Crippen LogP contribution in [0.3, 0.4) is 0 Å². The third-order valence-corrected chi connectivity index (χ3v) is 4.42. The number of hydrogen-bond acceptors (Lipinski definition) is 5. The molecule has 0 aliphatic carbocycles. The summed E-state index contributed by atoms with van der Waals surface area (Å²) in [4.78, 5) is 23.7. The van der Waals surface area contributed by atoms with Crippen molar-refractivity contribution in [3.8, 4) is 17.6 Å². The lowest BCUT2D eigenvalue weighted by atomic mass is 10.1. The molecule has 0 fully saturated rings. The Hall–Kier alpha value is -4.25. The van der Waals surface area contributed by atoms with Gasteiger partial charge in [0.15, 0.2) is 11.5 Å². The standard InChI is InChI=1S/C21H15N3O5/c22-9-13(21(27)23-15-5-6-18-19(8-15)29-12-28-18)7-14-10-24(11-20(25)26)17-4-2-1-3-16(14)17/h1-8,10H,11-12H2,(H,23,27)(H,25,26). The molecule has 0 radical (unpaired) electrons. The van der Waals surface area contributed by atoms with Gasteiger partial charge in [-0.1, -0.05) is 18.2 Å². The summed E-state index contributed by atoms with van der Waals surface area (Å²) in [7, 11) is 0. The predicted octanol–water partition coefficient (Wildman–Crippen LogP) is 3.00. The maximum atomic E-state index is 12.6. The van der Waals surface area contributed by atoms with E-state index in [9.17, 15) is 14.9 Å². The predicted molar refractivity (Wildman–Crippen MR) is 104 cm³/mol. The van der Waals surface area contributed by atoms with Gasteiger partial charge in [0.1, 0.15) is 18.2 Å². The lowest BCUT2D eigenvalue weighted by Crippen LogP contribution is -2.13. The van der Waals surface area contributed by atoms with Crippen molar-refractivity contribution in [1.82, 2.24) is 4.57 Å². The number of carbonyl (C=O) groups is 2. The number of para-hydroxylation sites is 1. The average molecular weight is 389 g/mol. The van der Waals surface area contributed by atoms with E-state index in [2.05, 4.69) is 5.32 Å². The van der Waals surface area contributed by atoms with Crippen molar-refractivity contribution < 1.29 is 24.2 Å². The van der Waals surface area contributed by atoms with Crippen molar-refractivity contribution in [3.05, 3.63) is 59.8 Å². The fraction of sp³-hybridized carbons (Fsp3) is 0.0952. The number of nitrogens with zero attached hydrogens (tertiary/aromatic N) is 2. The molecule has 1 aliphatic rings. The minimum atomic E-state index is -0.984. The first-order chi connectivity index (χ1) is 14.0. The zero-order chi connectivity index (χ0) is 20.4. The first-order valence-electron chi connectivity index (χ1n) is 8.67. The van der Waals surface area contributed by atoms with E-state index in [0.717, 1.165) is 5.39 Å². The SMILES string of the molecule is N#CC(=Cc1cn(CC(=O)O)c2ccccc12)C(=O)Nc1ccc2c(c1)OCO2. The average Bonchev–Trinajstić information content (AvgIpc) is 3.30. The number of nitriles is 1. The minimum absolute atomic E-state index is 0.110. The molecule has 2 N–H and O–H groups in total. The lowest BCUT2D eigenvalue weighted by Gasteiger charge is -2.05. The highest BCUT2D eigenvalue weighted by atomic mass is 16.7. The molecule has 0 saturated heterocycles. The maximum Gasteiger partial charge on any atom is 0.323 e. The van der Waals surface area contributed by atoms with Crippen LogP contribution in [0.4, 0.5) is 5.69 Å². The number of carbonyl (C=O) groups excluding carboxylic acids is 1. The highest BCUT2D eigenvalue weighted by molar-refractivity contribution is 6.11. The molecule has 2 aromatic carbocycles. The van der Waals surface area contributed by atoms with Gasteiger partial charge >= 0.3 is 5.97 Å². The Labute approximate surface area is 165 Å². The number of aliphatic carboxylic acids is 1. The molecular formula is C21H15N3O5. The van der Waals surface area contributed by atoms with E-state index in [4.69, 9.17) is 14.6 Å². The van der Waals surface area contributed by atoms with Crippen molar-refractivity contribution >= 4 is 34.5 Å². The molecule has 144 valence electrons. The van der Waals surface area contributed by atoms with E-state index in [-0.39, 0.29) is 18.9 Å². The zero-order valence-corrected chi connectivity index (χ0v) is 15.1. The highest BCUT2D eigenvalue weighted by Crippen LogP contribution is 2.34. The summed E-state index contributed by atoms with van der Waals surface area (Å²) < 4.78 is 12.1. The monoisotopic (exact) mass is 389 g/mol. The van der Waals surface area contributed by atoms with Crippen LogP contribution in [0.5, 0.6) is 11.5 Å². The number of carboxylic acid groups (broad SMARTS) is 1. The summed E-state index contributed by atoms with van der Waals surface area (Å²) in [6, 6.07) is 14.1. The van der Waals surface area contributed by atoms with Gasteiger partial charge in [0.2, 0.25) is 6.79 Å². The van der Waals surface area contributed by atoms with Gasteiger partial charge in [-0.05, 0) is 24.3 Å². The number of anilines is 1. The summed E-state index contributed by atoms with van der Waals surface area (Å²) >= 11 is 0. The van der Waals surface area contributed by atoms with Crippen molar-refractivity contribution in [3.63, 3.8) is 0 Å². The molecule has 1 aliphatic heterocycles. The van der Waals surface area contributed by atoms with Crippen molar-refractivity contribution in [1.29, 1.82) is 5.26 Å². The molecule has 3 aromatic rings. The lowest BCUT2D eigenvalue weighted by molar-refractivity contribution is -0.137. The molecule has 1 aromatic heterocycles. The first kappa shape index (κ1) is 18.1. The van der Waals surface area contributed by atoms with Gasteiger partial charge in [0, 0.05) is 34.4 Å². The van der Waals surface area contributed by atoms with Crippen LogP contribution in [-0.2, 0) is 16.1 Å². The number of fused-ring (bicyclic) bond motifs is 2. The Morgan fingerprint density at radius 3 is 2.79 bits per heavy atom. The van der Waals surface area contributed by atoms with Gasteiger partial charge < -0.3 is 24.5 Å². The third kappa shape index (κ3) is 3.61. The minimum Gasteiger partial charge on any atom is -0.480 e. The second-order valence-corrected chi connectivity index (χ2v) is 6.32. The molecule has 0 atom stereocenters. The molecule has 0 unspecified atom stereocenters. The number of ether oxygens (including phenoxy) is 2. The van der Waals surface area contributed by atoms with Gasteiger partial charge in [0.05, 0.1) is 0 Å². The zero-order valence-electron chi connectivity index (χ0n) is 15.1. The Balaban J connectivity index is 1.64. The quantitative estimate of drug-likeness (QED) is 0.512. The summed E-state index contributed by atoms with van der Waals surface area (Å²) in [6.07, 6.45) is 3.06. The third-order valence-electron chi connectivity index (χ3n) is 4.42. The van der Waals surface area contributed by atoms with Gasteiger partial charge in [-0.2, -0.15) is 5.26 Å². The first-order valence-corrected chi connectivity index (χ1v) is 8.67. The number of nitrogens with one attached hydrogen (secondary N) is 1. The van der Waals surface area contributed by atoms with Crippen LogP contribution in [0.15, 0.2) is 54.2 Å². The highest BCUT2D eigenvalue weighted by Gasteiger charge is 2.17. The summed E-state index contributed by atoms with van der Waals surface area (Å²) in [5, 5.41) is 22.0. The Morgan fingerprint density at radius 2 is 2.00 bits per heavy atom. The molecule has 8 heteroatoms. The largest absolute Gasteiger partial charge is 0.480 e. The van der Waals surface area contributed by atoms with Gasteiger partial charge in [0.25, 0.3) is 5.91 Å². The van der Waals surface area contributed by atoms with Crippen molar-refractivity contribution in [2.45, 2.75) is 6.54 Å².